The number of hydrogen-bond donors (Lipinski definition) is 2. The van der Waals surface area contributed by atoms with Gasteiger partial charge < -0.3 is 15.6 Å². The zero-order valence-electron chi connectivity index (χ0n) is 10.4. The molecule has 2 fully saturated rings. The van der Waals surface area contributed by atoms with Gasteiger partial charge in [-0.05, 0) is 32.6 Å². The molecule has 0 spiro atoms. The van der Waals surface area contributed by atoms with Gasteiger partial charge in [0, 0.05) is 26.2 Å². The molecule has 0 bridgehead atoms. The van der Waals surface area contributed by atoms with E-state index in [1.54, 1.807) is 0 Å². The van der Waals surface area contributed by atoms with E-state index in [1.165, 1.54) is 0 Å². The SMILES string of the molecule is CC1CN(CC(O)(CN)C2CC2)CC(C)O1. The van der Waals surface area contributed by atoms with Crippen molar-refractivity contribution < 1.29 is 9.84 Å². The van der Waals surface area contributed by atoms with Crippen LogP contribution in [0.15, 0.2) is 0 Å². The van der Waals surface area contributed by atoms with Gasteiger partial charge in [0.1, 0.15) is 0 Å². The van der Waals surface area contributed by atoms with Crippen LogP contribution in [0.5, 0.6) is 0 Å². The Bertz CT molecular complexity index is 235. The highest BCUT2D eigenvalue weighted by Crippen LogP contribution is 2.39. The number of hydrogen-bond acceptors (Lipinski definition) is 4. The normalized spacial score (nSPS) is 36.0. The Morgan fingerprint density at radius 1 is 1.31 bits per heavy atom. The largest absolute Gasteiger partial charge is 0.387 e. The predicted molar refractivity (Wildman–Crippen MR) is 63.2 cm³/mol. The van der Waals surface area contributed by atoms with Crippen molar-refractivity contribution in [2.45, 2.75) is 44.5 Å². The lowest BCUT2D eigenvalue weighted by Gasteiger charge is -2.40. The van der Waals surface area contributed by atoms with Gasteiger partial charge in [-0.3, -0.25) is 4.90 Å². The summed E-state index contributed by atoms with van der Waals surface area (Å²) in [5.41, 5.74) is 5.06. The Labute approximate surface area is 97.7 Å². The van der Waals surface area contributed by atoms with Crippen LogP contribution < -0.4 is 5.73 Å². The Kier molecular flexibility index (Phi) is 3.54. The molecule has 16 heavy (non-hydrogen) atoms. The fourth-order valence-electron chi connectivity index (χ4n) is 2.78. The highest BCUT2D eigenvalue weighted by molar-refractivity contribution is 4.98. The number of nitrogens with two attached hydrogens (primary N) is 1. The quantitative estimate of drug-likeness (QED) is 0.721. The molecule has 2 aliphatic rings. The average molecular weight is 228 g/mol. The van der Waals surface area contributed by atoms with Crippen LogP contribution in [0, 0.1) is 5.92 Å². The van der Waals surface area contributed by atoms with Gasteiger partial charge >= 0.3 is 0 Å². The molecule has 2 rings (SSSR count). The van der Waals surface area contributed by atoms with E-state index in [-0.39, 0.29) is 12.2 Å². The summed E-state index contributed by atoms with van der Waals surface area (Å²) in [5, 5.41) is 10.5. The second-order valence-electron chi connectivity index (χ2n) is 5.53. The predicted octanol–water partition coefficient (Wildman–Crippen LogP) is 0.195. The van der Waals surface area contributed by atoms with Crippen molar-refractivity contribution in [1.29, 1.82) is 0 Å². The summed E-state index contributed by atoms with van der Waals surface area (Å²) >= 11 is 0. The second kappa shape index (κ2) is 4.61. The van der Waals surface area contributed by atoms with Gasteiger partial charge in [0.15, 0.2) is 0 Å². The molecule has 1 heterocycles. The van der Waals surface area contributed by atoms with Gasteiger partial charge in [0.2, 0.25) is 0 Å². The third kappa shape index (κ3) is 2.74. The van der Waals surface area contributed by atoms with Crippen LogP contribution in [0.3, 0.4) is 0 Å². The summed E-state index contributed by atoms with van der Waals surface area (Å²) in [5.74, 6) is 0.422. The Morgan fingerprint density at radius 3 is 2.31 bits per heavy atom. The van der Waals surface area contributed by atoms with Gasteiger partial charge in [0.25, 0.3) is 0 Å². The van der Waals surface area contributed by atoms with E-state index in [0.717, 1.165) is 25.9 Å². The summed E-state index contributed by atoms with van der Waals surface area (Å²) in [4.78, 5) is 2.30. The summed E-state index contributed by atoms with van der Waals surface area (Å²) in [6.07, 6.45) is 2.77. The van der Waals surface area contributed by atoms with Gasteiger partial charge in [-0.15, -0.1) is 0 Å². The minimum atomic E-state index is -0.670. The monoisotopic (exact) mass is 228 g/mol. The second-order valence-corrected chi connectivity index (χ2v) is 5.53. The summed E-state index contributed by atoms with van der Waals surface area (Å²) in [7, 11) is 0. The van der Waals surface area contributed by atoms with Crippen LogP contribution in [-0.2, 0) is 4.74 Å². The van der Waals surface area contributed by atoms with Gasteiger partial charge in [-0.2, -0.15) is 0 Å². The van der Waals surface area contributed by atoms with Crippen molar-refractivity contribution in [2.75, 3.05) is 26.2 Å². The molecule has 0 radical (unpaired) electrons. The standard InChI is InChI=1S/C12H24N2O2/c1-9-5-14(6-10(2)16-9)8-12(15,7-13)11-3-4-11/h9-11,15H,3-8,13H2,1-2H3. The first-order chi connectivity index (χ1) is 7.53. The number of morpholine rings is 1. The van der Waals surface area contributed by atoms with Crippen LogP contribution in [-0.4, -0.2) is 54.0 Å². The highest BCUT2D eigenvalue weighted by atomic mass is 16.5. The first-order valence-electron chi connectivity index (χ1n) is 6.34. The van der Waals surface area contributed by atoms with Crippen molar-refractivity contribution in [2.24, 2.45) is 11.7 Å². The zero-order chi connectivity index (χ0) is 11.8. The van der Waals surface area contributed by atoms with E-state index in [0.29, 0.717) is 19.0 Å². The van der Waals surface area contributed by atoms with Gasteiger partial charge in [0.05, 0.1) is 17.8 Å². The van der Waals surface area contributed by atoms with Crippen molar-refractivity contribution in [3.63, 3.8) is 0 Å². The van der Waals surface area contributed by atoms with E-state index in [1.807, 2.05) is 0 Å². The molecule has 0 aromatic rings. The molecule has 1 saturated heterocycles. The third-order valence-corrected chi connectivity index (χ3v) is 3.68. The van der Waals surface area contributed by atoms with Crippen molar-refractivity contribution >= 4 is 0 Å². The molecule has 1 aliphatic heterocycles. The average Bonchev–Trinajstić information content (AvgIpc) is 2.98. The first kappa shape index (κ1) is 12.3. The molecule has 3 atom stereocenters. The number of aliphatic hydroxyl groups is 1. The van der Waals surface area contributed by atoms with Gasteiger partial charge in [-0.1, -0.05) is 0 Å². The zero-order valence-corrected chi connectivity index (χ0v) is 10.4. The lowest BCUT2D eigenvalue weighted by molar-refractivity contribution is -0.0945. The van der Waals surface area contributed by atoms with E-state index in [4.69, 9.17) is 10.5 Å². The summed E-state index contributed by atoms with van der Waals surface area (Å²) in [6.45, 7) is 7.05. The van der Waals surface area contributed by atoms with Crippen LogP contribution in [0.2, 0.25) is 0 Å². The molecule has 1 saturated carbocycles. The fraction of sp³-hybridized carbons (Fsp3) is 1.00. The van der Waals surface area contributed by atoms with E-state index >= 15 is 0 Å². The Morgan fingerprint density at radius 2 is 1.88 bits per heavy atom. The Hall–Kier alpha value is -0.160. The lowest BCUT2D eigenvalue weighted by atomic mass is 9.96. The van der Waals surface area contributed by atoms with Crippen molar-refractivity contribution in [3.8, 4) is 0 Å². The molecule has 4 heteroatoms. The molecule has 0 amide bonds. The molecule has 3 N–H and O–H groups in total. The number of rotatable bonds is 4. The lowest BCUT2D eigenvalue weighted by Crippen LogP contribution is -2.55. The minimum absolute atomic E-state index is 0.255. The molecule has 4 nitrogen and oxygen atoms in total. The third-order valence-electron chi connectivity index (χ3n) is 3.68. The van der Waals surface area contributed by atoms with Crippen LogP contribution >= 0.6 is 0 Å². The highest BCUT2D eigenvalue weighted by Gasteiger charge is 2.44. The molecule has 0 aromatic carbocycles. The molecular formula is C12H24N2O2. The molecule has 1 aliphatic carbocycles. The van der Waals surface area contributed by atoms with Crippen LogP contribution in [0.4, 0.5) is 0 Å². The molecule has 3 unspecified atom stereocenters. The molecular weight excluding hydrogens is 204 g/mol. The smallest absolute Gasteiger partial charge is 0.0923 e. The van der Waals surface area contributed by atoms with E-state index in [9.17, 15) is 5.11 Å². The topological polar surface area (TPSA) is 58.7 Å². The van der Waals surface area contributed by atoms with Crippen molar-refractivity contribution in [1.82, 2.24) is 4.90 Å². The first-order valence-corrected chi connectivity index (χ1v) is 6.34. The number of nitrogens with zero attached hydrogens (tertiary/aromatic N) is 1. The van der Waals surface area contributed by atoms with Gasteiger partial charge in [-0.25, -0.2) is 0 Å². The fourth-order valence-corrected chi connectivity index (χ4v) is 2.78. The maximum absolute atomic E-state index is 10.5. The molecule has 94 valence electrons. The summed E-state index contributed by atoms with van der Waals surface area (Å²) < 4.78 is 5.69. The maximum atomic E-state index is 10.5. The molecule has 0 aromatic heterocycles. The number of β-amino-alcohol motifs (C(OH)–C–C–N with tert-alkyl or cyclic N) is 1. The van der Waals surface area contributed by atoms with Crippen LogP contribution in [0.25, 0.3) is 0 Å². The Balaban J connectivity index is 1.92. The van der Waals surface area contributed by atoms with Crippen molar-refractivity contribution in [3.05, 3.63) is 0 Å². The number of ether oxygens (including phenoxy) is 1. The minimum Gasteiger partial charge on any atom is -0.387 e. The van der Waals surface area contributed by atoms with Crippen LogP contribution in [0.1, 0.15) is 26.7 Å². The maximum Gasteiger partial charge on any atom is 0.0923 e. The van der Waals surface area contributed by atoms with E-state index in [2.05, 4.69) is 18.7 Å². The summed E-state index contributed by atoms with van der Waals surface area (Å²) in [6, 6.07) is 0. The van der Waals surface area contributed by atoms with E-state index < -0.39 is 5.60 Å².